The number of piperidine rings is 1. The van der Waals surface area contributed by atoms with Gasteiger partial charge in [-0.3, -0.25) is 10.1 Å². The molecule has 2 aromatic rings. The molecular formula is C22H24F3N5O3. The van der Waals surface area contributed by atoms with E-state index in [0.717, 1.165) is 30.8 Å². The van der Waals surface area contributed by atoms with Gasteiger partial charge in [0.2, 0.25) is 5.91 Å². The fourth-order valence-electron chi connectivity index (χ4n) is 4.03. The Labute approximate surface area is 188 Å². The maximum Gasteiger partial charge on any atom is 0.417 e. The number of carbonyl (C=O) groups is 2. The molecule has 1 aromatic heterocycles. The number of carbonyl (C=O) groups excluding carboxylic acids is 2. The molecule has 2 atom stereocenters. The fourth-order valence-corrected chi connectivity index (χ4v) is 4.03. The number of benzene rings is 1. The summed E-state index contributed by atoms with van der Waals surface area (Å²) in [5.74, 6) is -0.315. The Morgan fingerprint density at radius 3 is 2.39 bits per heavy atom. The van der Waals surface area contributed by atoms with E-state index in [4.69, 9.17) is 0 Å². The van der Waals surface area contributed by atoms with Gasteiger partial charge in [-0.05, 0) is 55.7 Å². The number of hydrogen-bond acceptors (Lipinski definition) is 5. The molecule has 1 aromatic carbocycles. The smallest absolute Gasteiger partial charge is 0.391 e. The lowest BCUT2D eigenvalue weighted by atomic mass is 10.0. The summed E-state index contributed by atoms with van der Waals surface area (Å²) in [7, 11) is 0. The number of nitrogens with one attached hydrogen (secondary N) is 2. The van der Waals surface area contributed by atoms with E-state index in [1.54, 1.807) is 4.90 Å². The maximum atomic E-state index is 13.0. The molecule has 0 aliphatic carbocycles. The van der Waals surface area contributed by atoms with Crippen LogP contribution in [0.2, 0.25) is 0 Å². The molecule has 2 saturated heterocycles. The molecular weight excluding hydrogens is 439 g/mol. The van der Waals surface area contributed by atoms with Crippen LogP contribution in [0, 0.1) is 0 Å². The number of aromatic nitrogens is 1. The number of pyridine rings is 1. The highest BCUT2D eigenvalue weighted by Gasteiger charge is 2.32. The van der Waals surface area contributed by atoms with Crippen LogP contribution in [0.5, 0.6) is 0 Å². The predicted octanol–water partition coefficient (Wildman–Crippen LogP) is 2.99. The number of amides is 3. The minimum Gasteiger partial charge on any atom is -0.391 e. The molecule has 0 saturated carbocycles. The highest BCUT2D eigenvalue weighted by molar-refractivity contribution is 6.01. The van der Waals surface area contributed by atoms with Gasteiger partial charge in [0.15, 0.2) is 0 Å². The van der Waals surface area contributed by atoms with Crippen LogP contribution in [0.1, 0.15) is 24.8 Å². The third-order valence-corrected chi connectivity index (χ3v) is 5.77. The number of hydrogen-bond donors (Lipinski definition) is 3. The van der Waals surface area contributed by atoms with Crippen molar-refractivity contribution in [1.29, 1.82) is 0 Å². The summed E-state index contributed by atoms with van der Waals surface area (Å²) in [6, 6.07) is 7.88. The van der Waals surface area contributed by atoms with Crippen LogP contribution in [-0.2, 0) is 11.0 Å². The first-order valence-electron chi connectivity index (χ1n) is 10.7. The minimum atomic E-state index is -4.51. The first-order chi connectivity index (χ1) is 15.7. The normalized spacial score (nSPS) is 21.3. The first-order valence-corrected chi connectivity index (χ1v) is 10.7. The summed E-state index contributed by atoms with van der Waals surface area (Å²) in [5, 5.41) is 14.7. The molecule has 3 heterocycles. The molecule has 8 nitrogen and oxygen atoms in total. The van der Waals surface area contributed by atoms with E-state index >= 15 is 0 Å². The lowest BCUT2D eigenvalue weighted by molar-refractivity contribution is -0.137. The second-order valence-corrected chi connectivity index (χ2v) is 8.12. The van der Waals surface area contributed by atoms with Crippen LogP contribution in [0.25, 0.3) is 0 Å². The van der Waals surface area contributed by atoms with Crippen molar-refractivity contribution in [2.75, 3.05) is 34.8 Å². The fraction of sp³-hybridized carbons (Fsp3) is 0.409. The number of alkyl halides is 3. The van der Waals surface area contributed by atoms with Gasteiger partial charge in [-0.2, -0.15) is 13.2 Å². The topological polar surface area (TPSA) is 97.8 Å². The largest absolute Gasteiger partial charge is 0.417 e. The van der Waals surface area contributed by atoms with E-state index in [9.17, 15) is 27.9 Å². The zero-order valence-electron chi connectivity index (χ0n) is 17.7. The molecule has 2 fully saturated rings. The maximum absolute atomic E-state index is 13.0. The van der Waals surface area contributed by atoms with E-state index in [1.165, 1.54) is 0 Å². The summed E-state index contributed by atoms with van der Waals surface area (Å²) in [4.78, 5) is 32.5. The van der Waals surface area contributed by atoms with Crippen molar-refractivity contribution in [2.24, 2.45) is 0 Å². The van der Waals surface area contributed by atoms with Crippen LogP contribution >= 0.6 is 0 Å². The molecule has 2 unspecified atom stereocenters. The van der Waals surface area contributed by atoms with E-state index in [2.05, 4.69) is 20.5 Å². The Kier molecular flexibility index (Phi) is 6.41. The van der Waals surface area contributed by atoms with Crippen LogP contribution in [0.15, 0.2) is 42.6 Å². The Morgan fingerprint density at radius 2 is 1.79 bits per heavy atom. The summed E-state index contributed by atoms with van der Waals surface area (Å²) in [6.07, 6.45) is -2.36. The van der Waals surface area contributed by atoms with Crippen molar-refractivity contribution >= 4 is 29.1 Å². The van der Waals surface area contributed by atoms with Crippen molar-refractivity contribution in [2.45, 2.75) is 37.6 Å². The molecule has 3 amide bonds. The third kappa shape index (κ3) is 5.36. The molecule has 33 heavy (non-hydrogen) atoms. The standard InChI is InChI=1S/C22H24F3N5O3/c23-22(24,25)14-3-8-19(26-12-14)28-21(33)27-18-2-1-10-30(20(18)32)16-6-4-15(5-7-16)29-11-9-17(31)13-29/h3-8,12,17-18,31H,1-2,9-11,13H2,(H2,26,27,28,33). The SMILES string of the molecule is O=C(Nc1ccc(C(F)(F)F)cn1)NC1CCCN(c2ccc(N3CCC(O)C3)cc2)C1=O. The highest BCUT2D eigenvalue weighted by Crippen LogP contribution is 2.29. The van der Waals surface area contributed by atoms with Crippen LogP contribution in [-0.4, -0.2) is 53.8 Å². The van der Waals surface area contributed by atoms with E-state index in [1.807, 2.05) is 24.3 Å². The van der Waals surface area contributed by atoms with Gasteiger partial charge < -0.3 is 20.2 Å². The van der Waals surface area contributed by atoms with Gasteiger partial charge in [-0.1, -0.05) is 0 Å². The molecule has 4 rings (SSSR count). The van der Waals surface area contributed by atoms with Gasteiger partial charge in [0.05, 0.1) is 11.7 Å². The summed E-state index contributed by atoms with van der Waals surface area (Å²) >= 11 is 0. The molecule has 0 spiro atoms. The van der Waals surface area contributed by atoms with Gasteiger partial charge in [0.1, 0.15) is 11.9 Å². The Morgan fingerprint density at radius 1 is 1.06 bits per heavy atom. The second-order valence-electron chi connectivity index (χ2n) is 8.12. The zero-order chi connectivity index (χ0) is 23.6. The summed E-state index contributed by atoms with van der Waals surface area (Å²) in [5.41, 5.74) is 0.760. The van der Waals surface area contributed by atoms with Crippen molar-refractivity contribution < 1.29 is 27.9 Å². The quantitative estimate of drug-likeness (QED) is 0.648. The van der Waals surface area contributed by atoms with Crippen molar-refractivity contribution in [3.05, 3.63) is 48.2 Å². The highest BCUT2D eigenvalue weighted by atomic mass is 19.4. The third-order valence-electron chi connectivity index (χ3n) is 5.77. The number of aliphatic hydroxyl groups is 1. The number of β-amino-alcohol motifs (C(OH)–C–C–N with tert-alkyl or cyclic N) is 1. The van der Waals surface area contributed by atoms with Crippen molar-refractivity contribution in [1.82, 2.24) is 10.3 Å². The monoisotopic (exact) mass is 463 g/mol. The van der Waals surface area contributed by atoms with Crippen molar-refractivity contribution in [3.8, 4) is 0 Å². The van der Waals surface area contributed by atoms with Crippen LogP contribution in [0.4, 0.5) is 35.2 Å². The molecule has 11 heteroatoms. The molecule has 3 N–H and O–H groups in total. The lowest BCUT2D eigenvalue weighted by Crippen LogP contribution is -2.53. The number of halogens is 3. The average Bonchev–Trinajstić information content (AvgIpc) is 3.21. The molecule has 2 aliphatic heterocycles. The molecule has 2 aliphatic rings. The number of nitrogens with zero attached hydrogens (tertiary/aromatic N) is 3. The van der Waals surface area contributed by atoms with Gasteiger partial charge >= 0.3 is 12.2 Å². The Hall–Kier alpha value is -3.34. The minimum absolute atomic E-state index is 0.0526. The van der Waals surface area contributed by atoms with Gasteiger partial charge in [0, 0.05) is 37.2 Å². The lowest BCUT2D eigenvalue weighted by Gasteiger charge is -2.33. The first kappa shape index (κ1) is 22.8. The number of rotatable bonds is 4. The second kappa shape index (κ2) is 9.26. The van der Waals surface area contributed by atoms with Crippen LogP contribution in [0.3, 0.4) is 0 Å². The number of anilines is 3. The predicted molar refractivity (Wildman–Crippen MR) is 116 cm³/mol. The Bertz CT molecular complexity index is 998. The molecule has 0 bridgehead atoms. The average molecular weight is 463 g/mol. The molecule has 176 valence electrons. The van der Waals surface area contributed by atoms with E-state index in [0.29, 0.717) is 37.8 Å². The zero-order valence-corrected chi connectivity index (χ0v) is 17.7. The number of aliphatic hydroxyl groups excluding tert-OH is 1. The number of urea groups is 1. The van der Waals surface area contributed by atoms with Gasteiger partial charge in [0.25, 0.3) is 0 Å². The van der Waals surface area contributed by atoms with E-state index < -0.39 is 23.8 Å². The van der Waals surface area contributed by atoms with Gasteiger partial charge in [-0.25, -0.2) is 9.78 Å². The Balaban J connectivity index is 1.35. The van der Waals surface area contributed by atoms with E-state index in [-0.39, 0.29) is 17.8 Å². The van der Waals surface area contributed by atoms with Crippen molar-refractivity contribution in [3.63, 3.8) is 0 Å². The van der Waals surface area contributed by atoms with Gasteiger partial charge in [-0.15, -0.1) is 0 Å². The molecule has 0 radical (unpaired) electrons. The summed E-state index contributed by atoms with van der Waals surface area (Å²) in [6.45, 7) is 1.87. The van der Waals surface area contributed by atoms with Crippen LogP contribution < -0.4 is 20.4 Å². The summed E-state index contributed by atoms with van der Waals surface area (Å²) < 4.78 is 37.9.